The lowest BCUT2D eigenvalue weighted by Crippen LogP contribution is -2.45. The van der Waals surface area contributed by atoms with Crippen LogP contribution < -0.4 is 10.8 Å². The fraction of sp³-hybridized carbons (Fsp3) is 0.556. The SMILES string of the molecule is O=C(CC(CC1CCCC1)C(=O)N1N=CCC1C(=O)Nc1ncccn1)NO. The minimum atomic E-state index is -0.820. The van der Waals surface area contributed by atoms with Crippen molar-refractivity contribution in [1.82, 2.24) is 20.5 Å². The van der Waals surface area contributed by atoms with Gasteiger partial charge in [-0.2, -0.15) is 5.10 Å². The lowest BCUT2D eigenvalue weighted by Gasteiger charge is -2.26. The smallest absolute Gasteiger partial charge is 0.252 e. The molecule has 2 atom stereocenters. The first kappa shape index (κ1) is 19.9. The van der Waals surface area contributed by atoms with Gasteiger partial charge < -0.3 is 0 Å². The molecule has 28 heavy (non-hydrogen) atoms. The summed E-state index contributed by atoms with van der Waals surface area (Å²) in [7, 11) is 0. The van der Waals surface area contributed by atoms with Gasteiger partial charge in [-0.3, -0.25) is 24.9 Å². The Morgan fingerprint density at radius 2 is 1.93 bits per heavy atom. The minimum Gasteiger partial charge on any atom is -0.293 e. The predicted octanol–water partition coefficient (Wildman–Crippen LogP) is 1.09. The molecule has 2 heterocycles. The summed E-state index contributed by atoms with van der Waals surface area (Å²) < 4.78 is 0. The molecule has 10 nitrogen and oxygen atoms in total. The van der Waals surface area contributed by atoms with Gasteiger partial charge in [0, 0.05) is 37.4 Å². The lowest BCUT2D eigenvalue weighted by atomic mass is 9.89. The Hall–Kier alpha value is -2.88. The summed E-state index contributed by atoms with van der Waals surface area (Å²) in [6, 6.07) is 0.809. The van der Waals surface area contributed by atoms with E-state index in [1.807, 2.05) is 0 Å². The third-order valence-electron chi connectivity index (χ3n) is 5.16. The number of anilines is 1. The number of carbonyl (C=O) groups excluding carboxylic acids is 3. The van der Waals surface area contributed by atoms with Crippen LogP contribution in [0.25, 0.3) is 0 Å². The molecule has 1 aliphatic heterocycles. The van der Waals surface area contributed by atoms with Crippen molar-refractivity contribution in [2.45, 2.75) is 51.0 Å². The van der Waals surface area contributed by atoms with Gasteiger partial charge in [0.25, 0.3) is 5.91 Å². The second kappa shape index (κ2) is 9.36. The van der Waals surface area contributed by atoms with Crippen molar-refractivity contribution < 1.29 is 19.6 Å². The molecule has 10 heteroatoms. The summed E-state index contributed by atoms with van der Waals surface area (Å²) in [5.41, 5.74) is 1.59. The van der Waals surface area contributed by atoms with E-state index in [2.05, 4.69) is 20.4 Å². The molecule has 1 aromatic rings. The molecule has 3 N–H and O–H groups in total. The summed E-state index contributed by atoms with van der Waals surface area (Å²) in [6.45, 7) is 0. The molecular weight excluding hydrogens is 364 g/mol. The van der Waals surface area contributed by atoms with E-state index in [-0.39, 0.29) is 18.8 Å². The largest absolute Gasteiger partial charge is 0.293 e. The van der Waals surface area contributed by atoms with E-state index >= 15 is 0 Å². The van der Waals surface area contributed by atoms with E-state index < -0.39 is 29.7 Å². The van der Waals surface area contributed by atoms with Gasteiger partial charge >= 0.3 is 0 Å². The van der Waals surface area contributed by atoms with Crippen molar-refractivity contribution in [3.63, 3.8) is 0 Å². The normalized spacial score (nSPS) is 20.2. The molecular formula is C18H24N6O4. The second-order valence-electron chi connectivity index (χ2n) is 7.12. The fourth-order valence-electron chi connectivity index (χ4n) is 3.78. The number of amides is 3. The maximum Gasteiger partial charge on any atom is 0.252 e. The van der Waals surface area contributed by atoms with E-state index in [9.17, 15) is 14.4 Å². The zero-order valence-corrected chi connectivity index (χ0v) is 15.5. The molecule has 150 valence electrons. The van der Waals surface area contributed by atoms with Crippen LogP contribution in [-0.4, -0.2) is 50.2 Å². The van der Waals surface area contributed by atoms with Gasteiger partial charge in [-0.1, -0.05) is 25.7 Å². The van der Waals surface area contributed by atoms with Gasteiger partial charge in [-0.05, 0) is 18.4 Å². The molecule has 0 radical (unpaired) electrons. The monoisotopic (exact) mass is 388 g/mol. The molecule has 0 aromatic carbocycles. The average Bonchev–Trinajstić information content (AvgIpc) is 3.39. The van der Waals surface area contributed by atoms with Crippen molar-refractivity contribution in [1.29, 1.82) is 0 Å². The van der Waals surface area contributed by atoms with E-state index in [1.54, 1.807) is 11.5 Å². The van der Waals surface area contributed by atoms with Crippen LogP contribution in [0.15, 0.2) is 23.6 Å². The number of hydrazone groups is 1. The molecule has 2 aliphatic rings. The maximum absolute atomic E-state index is 13.1. The zero-order valence-electron chi connectivity index (χ0n) is 15.5. The Balaban J connectivity index is 1.69. The van der Waals surface area contributed by atoms with E-state index in [0.717, 1.165) is 30.7 Å². The number of hydrogen-bond donors (Lipinski definition) is 3. The van der Waals surface area contributed by atoms with Gasteiger partial charge in [0.15, 0.2) is 0 Å². The maximum atomic E-state index is 13.1. The van der Waals surface area contributed by atoms with Crippen molar-refractivity contribution in [2.75, 3.05) is 5.32 Å². The Morgan fingerprint density at radius 3 is 2.61 bits per heavy atom. The summed E-state index contributed by atoms with van der Waals surface area (Å²) >= 11 is 0. The molecule has 0 bridgehead atoms. The minimum absolute atomic E-state index is 0.145. The lowest BCUT2D eigenvalue weighted by molar-refractivity contribution is -0.144. The molecule has 1 aromatic heterocycles. The fourth-order valence-corrected chi connectivity index (χ4v) is 3.78. The molecule has 3 amide bonds. The Morgan fingerprint density at radius 1 is 1.21 bits per heavy atom. The first-order chi connectivity index (χ1) is 13.6. The van der Waals surface area contributed by atoms with Crippen molar-refractivity contribution in [3.8, 4) is 0 Å². The number of aromatic nitrogens is 2. The molecule has 3 rings (SSSR count). The third-order valence-corrected chi connectivity index (χ3v) is 5.16. The average molecular weight is 388 g/mol. The highest BCUT2D eigenvalue weighted by atomic mass is 16.5. The van der Waals surface area contributed by atoms with E-state index in [0.29, 0.717) is 12.3 Å². The number of carbonyl (C=O) groups is 3. The predicted molar refractivity (Wildman–Crippen MR) is 99.0 cm³/mol. The third kappa shape index (κ3) is 4.89. The number of nitrogens with one attached hydrogen (secondary N) is 2. The van der Waals surface area contributed by atoms with Gasteiger partial charge in [-0.15, -0.1) is 0 Å². The zero-order chi connectivity index (χ0) is 19.9. The van der Waals surface area contributed by atoms with Gasteiger partial charge in [0.1, 0.15) is 6.04 Å². The quantitative estimate of drug-likeness (QED) is 0.472. The highest BCUT2D eigenvalue weighted by molar-refractivity contribution is 5.99. The topological polar surface area (TPSA) is 137 Å². The van der Waals surface area contributed by atoms with E-state index in [4.69, 9.17) is 5.21 Å². The number of hydrogen-bond acceptors (Lipinski definition) is 7. The van der Waals surface area contributed by atoms with Crippen molar-refractivity contribution in [2.24, 2.45) is 16.9 Å². The summed E-state index contributed by atoms with van der Waals surface area (Å²) in [4.78, 5) is 45.3. The van der Waals surface area contributed by atoms with Crippen molar-refractivity contribution >= 4 is 29.9 Å². The van der Waals surface area contributed by atoms with Crippen LogP contribution >= 0.6 is 0 Å². The van der Waals surface area contributed by atoms with Gasteiger partial charge in [0.2, 0.25) is 17.8 Å². The summed E-state index contributed by atoms with van der Waals surface area (Å²) in [5, 5.41) is 16.7. The van der Waals surface area contributed by atoms with Crippen LogP contribution in [0.3, 0.4) is 0 Å². The Kier molecular flexibility index (Phi) is 6.64. The van der Waals surface area contributed by atoms with Crippen LogP contribution in [0.4, 0.5) is 5.95 Å². The van der Waals surface area contributed by atoms with Crippen LogP contribution in [0.5, 0.6) is 0 Å². The van der Waals surface area contributed by atoms with Crippen LogP contribution in [0.2, 0.25) is 0 Å². The highest BCUT2D eigenvalue weighted by Gasteiger charge is 2.38. The first-order valence-corrected chi connectivity index (χ1v) is 9.44. The van der Waals surface area contributed by atoms with Crippen LogP contribution in [0.1, 0.15) is 44.9 Å². The second-order valence-corrected chi connectivity index (χ2v) is 7.12. The number of nitrogens with zero attached hydrogens (tertiary/aromatic N) is 4. The van der Waals surface area contributed by atoms with E-state index in [1.165, 1.54) is 18.6 Å². The number of hydroxylamine groups is 1. The number of rotatable bonds is 7. The Labute approximate surface area is 162 Å². The summed E-state index contributed by atoms with van der Waals surface area (Å²) in [6.07, 6.45) is 9.43. The summed E-state index contributed by atoms with van der Waals surface area (Å²) in [5.74, 6) is -1.60. The molecule has 1 fully saturated rings. The molecule has 1 saturated carbocycles. The van der Waals surface area contributed by atoms with Crippen LogP contribution in [0, 0.1) is 11.8 Å². The molecule has 1 aliphatic carbocycles. The molecule has 0 spiro atoms. The highest BCUT2D eigenvalue weighted by Crippen LogP contribution is 2.33. The first-order valence-electron chi connectivity index (χ1n) is 9.44. The van der Waals surface area contributed by atoms with Crippen LogP contribution in [-0.2, 0) is 14.4 Å². The standard InChI is InChI=1S/C18H24N6O4/c25-15(23-28)11-13(10-12-4-1-2-5-12)17(27)24-14(6-9-21-24)16(26)22-18-19-7-3-8-20-18/h3,7-9,12-14,28H,1-2,4-6,10-11H2,(H,23,25)(H,19,20,22,26). The van der Waals surface area contributed by atoms with Gasteiger partial charge in [0.05, 0.1) is 0 Å². The Bertz CT molecular complexity index is 735. The van der Waals surface area contributed by atoms with Gasteiger partial charge in [-0.25, -0.2) is 20.5 Å². The molecule has 0 saturated heterocycles. The molecule has 2 unspecified atom stereocenters. The van der Waals surface area contributed by atoms with Crippen molar-refractivity contribution in [3.05, 3.63) is 18.5 Å².